The molecule has 0 aliphatic heterocycles. The van der Waals surface area contributed by atoms with Gasteiger partial charge in [-0.05, 0) is 18.8 Å². The van der Waals surface area contributed by atoms with E-state index in [0.29, 0.717) is 12.2 Å². The Labute approximate surface area is 146 Å². The zero-order valence-electron chi connectivity index (χ0n) is 13.8. The number of rotatable bonds is 3. The van der Waals surface area contributed by atoms with Gasteiger partial charge in [0.15, 0.2) is 0 Å². The largest absolute Gasteiger partial charge is 4.00 e. The summed E-state index contributed by atoms with van der Waals surface area (Å²) in [4.78, 5) is 0. The second-order valence-corrected chi connectivity index (χ2v) is 5.00. The second-order valence-electron chi connectivity index (χ2n) is 4.44. The standard InChI is InChI=1S/C8H16BClN.2C2H6N.CH3.Zr/c1-9(11-2)6-7-4-3-5-8(7)10;2*1-3-2;;/h7-8H,3-6H2,1-2H3;2*1-2H3;1H3;/q4*-1;+4. The summed E-state index contributed by atoms with van der Waals surface area (Å²) in [5.74, 6) is 0.732. The Morgan fingerprint density at radius 1 is 1.05 bits per heavy atom. The van der Waals surface area contributed by atoms with Gasteiger partial charge in [0.05, 0.1) is 0 Å². The molecule has 0 aromatic rings. The van der Waals surface area contributed by atoms with Gasteiger partial charge in [0.2, 0.25) is 0 Å². The Morgan fingerprint density at radius 3 is 1.74 bits per heavy atom. The Balaban J connectivity index is -0.000000122. The summed E-state index contributed by atoms with van der Waals surface area (Å²) in [6, 6.07) is 0. The number of halogens is 1. The maximum absolute atomic E-state index is 6.14. The van der Waals surface area contributed by atoms with Crippen LogP contribution in [0.15, 0.2) is 0 Å². The van der Waals surface area contributed by atoms with Crippen molar-refractivity contribution in [2.75, 3.05) is 35.2 Å². The Hall–Kier alpha value is 1.12. The fourth-order valence-corrected chi connectivity index (χ4v) is 2.18. The predicted molar refractivity (Wildman–Crippen MR) is 89.5 cm³/mol. The van der Waals surface area contributed by atoms with Crippen LogP contribution < -0.4 is 0 Å². The maximum Gasteiger partial charge on any atom is 4.00 e. The topological polar surface area (TPSA) is 42.3 Å². The van der Waals surface area contributed by atoms with E-state index in [1.54, 1.807) is 28.2 Å². The van der Waals surface area contributed by atoms with Crippen molar-refractivity contribution in [1.82, 2.24) is 0 Å². The molecular formula is C13H31BClN3Zr. The second kappa shape index (κ2) is 21.4. The molecule has 2 unspecified atom stereocenters. The molecule has 1 aliphatic carbocycles. The van der Waals surface area contributed by atoms with E-state index in [1.165, 1.54) is 25.6 Å². The van der Waals surface area contributed by atoms with E-state index >= 15 is 0 Å². The normalized spacial score (nSPS) is 19.7. The molecule has 0 aromatic heterocycles. The van der Waals surface area contributed by atoms with Crippen molar-refractivity contribution in [3.8, 4) is 0 Å². The molecule has 0 amide bonds. The minimum atomic E-state index is 0. The molecule has 1 saturated carbocycles. The van der Waals surface area contributed by atoms with Crippen LogP contribution in [0.4, 0.5) is 0 Å². The van der Waals surface area contributed by atoms with Crippen LogP contribution in [0.1, 0.15) is 19.3 Å². The van der Waals surface area contributed by atoms with Crippen LogP contribution in [-0.4, -0.2) is 47.5 Å². The van der Waals surface area contributed by atoms with E-state index in [4.69, 9.17) is 11.6 Å². The summed E-state index contributed by atoms with van der Waals surface area (Å²) in [5, 5.41) is 11.7. The van der Waals surface area contributed by atoms with Crippen LogP contribution >= 0.6 is 11.6 Å². The van der Waals surface area contributed by atoms with E-state index in [2.05, 4.69) is 22.7 Å². The van der Waals surface area contributed by atoms with Gasteiger partial charge < -0.3 is 23.3 Å². The molecule has 1 fully saturated rings. The van der Waals surface area contributed by atoms with Gasteiger partial charge in [-0.25, -0.2) is 0 Å². The van der Waals surface area contributed by atoms with E-state index in [9.17, 15) is 0 Å². The zero-order valence-corrected chi connectivity index (χ0v) is 17.0. The Kier molecular flexibility index (Phi) is 31.9. The maximum atomic E-state index is 6.14. The molecule has 0 aromatic carbocycles. The molecule has 0 bridgehead atoms. The zero-order chi connectivity index (χ0) is 13.7. The molecule has 2 atom stereocenters. The van der Waals surface area contributed by atoms with E-state index in [-0.39, 0.29) is 33.6 Å². The van der Waals surface area contributed by atoms with E-state index < -0.39 is 0 Å². The monoisotopic (exact) mass is 365 g/mol. The Bertz CT molecular complexity index is 154. The summed E-state index contributed by atoms with van der Waals surface area (Å²) in [6.07, 6.45) is 5.02. The van der Waals surface area contributed by atoms with Crippen LogP contribution in [0.25, 0.3) is 15.9 Å². The SMILES string of the molecule is C[N-]B(C)CC1CCCC1Cl.C[N-]C.C[N-]C.[CH3-].[Zr+4]. The summed E-state index contributed by atoms with van der Waals surface area (Å²) < 4.78 is 0. The first-order valence-corrected chi connectivity index (χ1v) is 6.69. The molecule has 1 rings (SSSR count). The van der Waals surface area contributed by atoms with Gasteiger partial charge >= 0.3 is 26.2 Å². The van der Waals surface area contributed by atoms with Crippen molar-refractivity contribution < 1.29 is 26.2 Å². The molecule has 0 radical (unpaired) electrons. The van der Waals surface area contributed by atoms with Crippen molar-refractivity contribution in [3.63, 3.8) is 0 Å². The van der Waals surface area contributed by atoms with Crippen LogP contribution in [0.2, 0.25) is 13.1 Å². The van der Waals surface area contributed by atoms with Crippen molar-refractivity contribution in [1.29, 1.82) is 0 Å². The van der Waals surface area contributed by atoms with Gasteiger partial charge in [-0.2, -0.15) is 35.2 Å². The van der Waals surface area contributed by atoms with Gasteiger partial charge in [-0.3, -0.25) is 0 Å². The van der Waals surface area contributed by atoms with Crippen LogP contribution in [0, 0.1) is 13.3 Å². The van der Waals surface area contributed by atoms with Crippen LogP contribution in [0.5, 0.6) is 0 Å². The first-order valence-electron chi connectivity index (χ1n) is 6.26. The molecule has 1 aliphatic rings. The summed E-state index contributed by atoms with van der Waals surface area (Å²) in [5.41, 5.74) is 0. The molecule has 19 heavy (non-hydrogen) atoms. The third kappa shape index (κ3) is 19.1. The van der Waals surface area contributed by atoms with Gasteiger partial charge in [0.25, 0.3) is 0 Å². The smallest absolute Gasteiger partial charge is 0.689 e. The quantitative estimate of drug-likeness (QED) is 0.394. The van der Waals surface area contributed by atoms with Gasteiger partial charge in [0.1, 0.15) is 0 Å². The molecule has 6 heteroatoms. The average molecular weight is 367 g/mol. The molecule has 0 N–H and O–H groups in total. The third-order valence-corrected chi connectivity index (χ3v) is 3.23. The van der Waals surface area contributed by atoms with Crippen molar-refractivity contribution in [2.45, 2.75) is 37.8 Å². The summed E-state index contributed by atoms with van der Waals surface area (Å²) in [6.45, 7) is 2.67. The van der Waals surface area contributed by atoms with Crippen LogP contribution in [0.3, 0.4) is 0 Å². The minimum absolute atomic E-state index is 0. The van der Waals surface area contributed by atoms with Gasteiger partial charge in [-0.15, -0.1) is 18.4 Å². The number of hydrogen-bond acceptors (Lipinski definition) is 0. The molecule has 0 heterocycles. The van der Waals surface area contributed by atoms with Crippen molar-refractivity contribution >= 4 is 18.4 Å². The predicted octanol–water partition coefficient (Wildman–Crippen LogP) is 4.71. The molecule has 112 valence electrons. The summed E-state index contributed by atoms with van der Waals surface area (Å²) in [7, 11) is 8.89. The van der Waals surface area contributed by atoms with Gasteiger partial charge in [0, 0.05) is 12.2 Å². The fraction of sp³-hybridized carbons (Fsp3) is 0.923. The van der Waals surface area contributed by atoms with Crippen molar-refractivity contribution in [3.05, 3.63) is 23.3 Å². The number of alkyl halides is 1. The van der Waals surface area contributed by atoms with Gasteiger partial charge in [-0.1, -0.05) is 12.7 Å². The number of nitrogens with zero attached hydrogens (tertiary/aromatic N) is 3. The molecular weight excluding hydrogens is 336 g/mol. The van der Waals surface area contributed by atoms with Crippen molar-refractivity contribution in [2.24, 2.45) is 5.92 Å². The molecule has 3 nitrogen and oxygen atoms in total. The molecule has 0 spiro atoms. The summed E-state index contributed by atoms with van der Waals surface area (Å²) >= 11 is 6.14. The number of hydrogen-bond donors (Lipinski definition) is 0. The Morgan fingerprint density at radius 2 is 1.47 bits per heavy atom. The van der Waals surface area contributed by atoms with E-state index in [0.717, 1.165) is 5.92 Å². The fourth-order valence-electron chi connectivity index (χ4n) is 1.80. The first-order chi connectivity index (χ1) is 8.06. The molecule has 0 saturated heterocycles. The van der Waals surface area contributed by atoms with Crippen LogP contribution in [-0.2, 0) is 26.2 Å². The minimum Gasteiger partial charge on any atom is -0.689 e. The van der Waals surface area contributed by atoms with E-state index in [1.807, 2.05) is 7.05 Å². The average Bonchev–Trinajstić information content (AvgIpc) is 2.66. The first kappa shape index (κ1) is 28.3. The third-order valence-electron chi connectivity index (χ3n) is 2.65.